The van der Waals surface area contributed by atoms with Crippen LogP contribution >= 0.6 is 15.9 Å². The summed E-state index contributed by atoms with van der Waals surface area (Å²) in [6.45, 7) is -0.489. The highest BCUT2D eigenvalue weighted by atomic mass is 79.9. The van der Waals surface area contributed by atoms with Crippen LogP contribution in [-0.2, 0) is 9.53 Å². The van der Waals surface area contributed by atoms with E-state index in [9.17, 15) is 19.7 Å². The number of carbonyl (C=O) groups is 2. The van der Waals surface area contributed by atoms with Crippen molar-refractivity contribution in [3.63, 3.8) is 0 Å². The molecule has 2 aromatic carbocycles. The Kier molecular flexibility index (Phi) is 5.42. The molecule has 0 aliphatic rings. The van der Waals surface area contributed by atoms with Crippen molar-refractivity contribution >= 4 is 39.2 Å². The maximum Gasteiger partial charge on any atom is 0.338 e. The third-order valence-corrected chi connectivity index (χ3v) is 3.28. The van der Waals surface area contributed by atoms with Gasteiger partial charge in [0.25, 0.3) is 11.6 Å². The number of halogens is 1. The molecule has 118 valence electrons. The molecule has 0 heterocycles. The molecule has 0 saturated carbocycles. The number of carbonyl (C=O) groups excluding carboxylic acids is 2. The first-order chi connectivity index (χ1) is 11.0. The molecule has 0 atom stereocenters. The average Bonchev–Trinajstić information content (AvgIpc) is 2.55. The summed E-state index contributed by atoms with van der Waals surface area (Å²) in [5.74, 6) is -1.31. The Bertz CT molecular complexity index is 746. The van der Waals surface area contributed by atoms with Gasteiger partial charge in [-0.05, 0) is 30.3 Å². The van der Waals surface area contributed by atoms with Gasteiger partial charge in [0.05, 0.1) is 10.5 Å². The number of amides is 1. The van der Waals surface area contributed by atoms with E-state index in [0.29, 0.717) is 5.69 Å². The molecule has 0 saturated heterocycles. The zero-order chi connectivity index (χ0) is 16.8. The van der Waals surface area contributed by atoms with E-state index in [1.807, 2.05) is 0 Å². The minimum Gasteiger partial charge on any atom is -0.452 e. The summed E-state index contributed by atoms with van der Waals surface area (Å²) in [6.07, 6.45) is 0. The Hall–Kier alpha value is -2.74. The van der Waals surface area contributed by atoms with Gasteiger partial charge >= 0.3 is 5.97 Å². The van der Waals surface area contributed by atoms with Gasteiger partial charge in [-0.15, -0.1) is 0 Å². The van der Waals surface area contributed by atoms with Crippen molar-refractivity contribution in [3.05, 3.63) is 68.7 Å². The second-order valence-electron chi connectivity index (χ2n) is 4.44. The Morgan fingerprint density at radius 1 is 1.17 bits per heavy atom. The fourth-order valence-corrected chi connectivity index (χ4v) is 1.96. The minimum atomic E-state index is -0.806. The van der Waals surface area contributed by atoms with Gasteiger partial charge in [0.1, 0.15) is 0 Å². The second-order valence-corrected chi connectivity index (χ2v) is 5.35. The van der Waals surface area contributed by atoms with Crippen LogP contribution in [0.5, 0.6) is 0 Å². The normalized spacial score (nSPS) is 9.96. The van der Waals surface area contributed by atoms with Crippen LogP contribution in [0.2, 0.25) is 0 Å². The second kappa shape index (κ2) is 7.50. The lowest BCUT2D eigenvalue weighted by Crippen LogP contribution is -2.20. The van der Waals surface area contributed by atoms with Gasteiger partial charge in [-0.1, -0.05) is 22.0 Å². The third kappa shape index (κ3) is 4.89. The van der Waals surface area contributed by atoms with Crippen LogP contribution in [0.4, 0.5) is 11.4 Å². The number of esters is 1. The van der Waals surface area contributed by atoms with Crippen LogP contribution < -0.4 is 5.32 Å². The van der Waals surface area contributed by atoms with E-state index in [-0.39, 0.29) is 11.3 Å². The quantitative estimate of drug-likeness (QED) is 0.489. The van der Waals surface area contributed by atoms with Crippen molar-refractivity contribution in [2.24, 2.45) is 0 Å². The molecule has 0 spiro atoms. The molecule has 0 fully saturated rings. The van der Waals surface area contributed by atoms with E-state index in [0.717, 1.165) is 10.5 Å². The van der Waals surface area contributed by atoms with Crippen molar-refractivity contribution in [1.29, 1.82) is 0 Å². The zero-order valence-electron chi connectivity index (χ0n) is 11.7. The molecule has 0 aliphatic carbocycles. The molecule has 1 amide bonds. The third-order valence-electron chi connectivity index (χ3n) is 2.76. The summed E-state index contributed by atoms with van der Waals surface area (Å²) < 4.78 is 5.71. The largest absolute Gasteiger partial charge is 0.452 e. The SMILES string of the molecule is O=C(COC(=O)c1cccc([N+](=O)[O-])c1)Nc1ccc(Br)cc1. The fraction of sp³-hybridized carbons (Fsp3) is 0.0667. The highest BCUT2D eigenvalue weighted by molar-refractivity contribution is 9.10. The van der Waals surface area contributed by atoms with Gasteiger partial charge in [-0.25, -0.2) is 4.79 Å². The number of nitrogens with zero attached hydrogens (tertiary/aromatic N) is 1. The molecule has 0 radical (unpaired) electrons. The number of nitrogens with one attached hydrogen (secondary N) is 1. The number of hydrogen-bond acceptors (Lipinski definition) is 5. The maximum atomic E-state index is 11.8. The summed E-state index contributed by atoms with van der Waals surface area (Å²) in [4.78, 5) is 33.5. The van der Waals surface area contributed by atoms with Crippen molar-refractivity contribution in [2.45, 2.75) is 0 Å². The van der Waals surface area contributed by atoms with Crippen molar-refractivity contribution in [2.75, 3.05) is 11.9 Å². The van der Waals surface area contributed by atoms with Gasteiger partial charge < -0.3 is 10.1 Å². The van der Waals surface area contributed by atoms with Gasteiger partial charge in [0.15, 0.2) is 6.61 Å². The summed E-state index contributed by atoms with van der Waals surface area (Å²) in [7, 11) is 0. The van der Waals surface area contributed by atoms with Gasteiger partial charge in [-0.2, -0.15) is 0 Å². The summed E-state index contributed by atoms with van der Waals surface area (Å²) in [5.41, 5.74) is 0.346. The topological polar surface area (TPSA) is 98.5 Å². The number of ether oxygens (including phenoxy) is 1. The summed E-state index contributed by atoms with van der Waals surface area (Å²) >= 11 is 3.27. The van der Waals surface area contributed by atoms with E-state index in [1.165, 1.54) is 18.2 Å². The van der Waals surface area contributed by atoms with E-state index in [1.54, 1.807) is 24.3 Å². The monoisotopic (exact) mass is 378 g/mol. The van der Waals surface area contributed by atoms with Crippen LogP contribution in [0, 0.1) is 10.1 Å². The predicted molar refractivity (Wildman–Crippen MR) is 86.2 cm³/mol. The molecule has 1 N–H and O–H groups in total. The van der Waals surface area contributed by atoms with Crippen LogP contribution in [-0.4, -0.2) is 23.4 Å². The lowest BCUT2D eigenvalue weighted by Gasteiger charge is -2.06. The summed E-state index contributed by atoms with van der Waals surface area (Å²) in [5, 5.41) is 13.2. The first-order valence-corrected chi connectivity index (χ1v) is 7.22. The Morgan fingerprint density at radius 3 is 2.52 bits per heavy atom. The van der Waals surface area contributed by atoms with E-state index < -0.39 is 23.4 Å². The molecule has 0 bridgehead atoms. The standard InChI is InChI=1S/C15H11BrN2O5/c16-11-4-6-12(7-5-11)17-14(19)9-23-15(20)10-2-1-3-13(8-10)18(21)22/h1-8H,9H2,(H,17,19). The molecule has 2 rings (SSSR count). The van der Waals surface area contributed by atoms with E-state index >= 15 is 0 Å². The Morgan fingerprint density at radius 2 is 1.87 bits per heavy atom. The van der Waals surface area contributed by atoms with Crippen molar-refractivity contribution in [3.8, 4) is 0 Å². The number of hydrogen-bond donors (Lipinski definition) is 1. The lowest BCUT2D eigenvalue weighted by atomic mass is 10.2. The predicted octanol–water partition coefficient (Wildman–Crippen LogP) is 3.15. The average molecular weight is 379 g/mol. The van der Waals surface area contributed by atoms with Gasteiger partial charge in [0.2, 0.25) is 0 Å². The van der Waals surface area contributed by atoms with Gasteiger partial charge in [0, 0.05) is 22.3 Å². The Balaban J connectivity index is 1.91. The van der Waals surface area contributed by atoms with E-state index in [2.05, 4.69) is 21.2 Å². The van der Waals surface area contributed by atoms with Crippen molar-refractivity contribution < 1.29 is 19.2 Å². The highest BCUT2D eigenvalue weighted by Gasteiger charge is 2.14. The smallest absolute Gasteiger partial charge is 0.338 e. The number of non-ortho nitro benzene ring substituents is 1. The lowest BCUT2D eigenvalue weighted by molar-refractivity contribution is -0.384. The van der Waals surface area contributed by atoms with Crippen LogP contribution in [0.15, 0.2) is 53.0 Å². The zero-order valence-corrected chi connectivity index (χ0v) is 13.3. The molecular weight excluding hydrogens is 368 g/mol. The summed E-state index contributed by atoms with van der Waals surface area (Å²) in [6, 6.07) is 12.0. The molecule has 23 heavy (non-hydrogen) atoms. The molecule has 8 heteroatoms. The molecule has 7 nitrogen and oxygen atoms in total. The van der Waals surface area contributed by atoms with Crippen LogP contribution in [0.25, 0.3) is 0 Å². The fourth-order valence-electron chi connectivity index (χ4n) is 1.69. The molecule has 0 aliphatic heterocycles. The highest BCUT2D eigenvalue weighted by Crippen LogP contribution is 2.15. The minimum absolute atomic E-state index is 0.00985. The van der Waals surface area contributed by atoms with Crippen molar-refractivity contribution in [1.82, 2.24) is 0 Å². The molecule has 0 unspecified atom stereocenters. The number of benzene rings is 2. The number of rotatable bonds is 5. The number of anilines is 1. The first kappa shape index (κ1) is 16.6. The first-order valence-electron chi connectivity index (χ1n) is 6.43. The number of nitro benzene ring substituents is 1. The Labute approximate surface area is 139 Å². The van der Waals surface area contributed by atoms with Crippen LogP contribution in [0.1, 0.15) is 10.4 Å². The molecule has 2 aromatic rings. The van der Waals surface area contributed by atoms with Crippen LogP contribution in [0.3, 0.4) is 0 Å². The van der Waals surface area contributed by atoms with E-state index in [4.69, 9.17) is 4.74 Å². The maximum absolute atomic E-state index is 11.8. The number of nitro groups is 1. The molecular formula is C15H11BrN2O5. The van der Waals surface area contributed by atoms with Gasteiger partial charge in [-0.3, -0.25) is 14.9 Å². The molecule has 0 aromatic heterocycles.